The number of carbonyl (C=O) groups excluding carboxylic acids is 1. The van der Waals surface area contributed by atoms with Crippen molar-refractivity contribution in [1.82, 2.24) is 5.32 Å². The number of ether oxygens (including phenoxy) is 2. The zero-order chi connectivity index (χ0) is 18.4. The normalized spacial score (nSPS) is 16.4. The predicted octanol–water partition coefficient (Wildman–Crippen LogP) is 3.49. The van der Waals surface area contributed by atoms with Crippen molar-refractivity contribution in [3.63, 3.8) is 0 Å². The van der Waals surface area contributed by atoms with Crippen LogP contribution in [0.4, 0.5) is 5.69 Å². The van der Waals surface area contributed by atoms with Gasteiger partial charge >= 0.3 is 0 Å². The summed E-state index contributed by atoms with van der Waals surface area (Å²) < 4.78 is 10.5. The van der Waals surface area contributed by atoms with Gasteiger partial charge in [0.1, 0.15) is 17.6 Å². The molecule has 0 bridgehead atoms. The van der Waals surface area contributed by atoms with Crippen molar-refractivity contribution < 1.29 is 14.3 Å². The number of hydrogen-bond donors (Lipinski definition) is 1. The summed E-state index contributed by atoms with van der Waals surface area (Å²) in [5, 5.41) is 11.9. The Bertz CT molecular complexity index is 914. The van der Waals surface area contributed by atoms with Gasteiger partial charge in [0.15, 0.2) is 11.8 Å². The summed E-state index contributed by atoms with van der Waals surface area (Å²) in [5.74, 6) is 1.07. The molecule has 26 heavy (non-hydrogen) atoms. The highest BCUT2D eigenvalue weighted by molar-refractivity contribution is 8.18. The number of thioether (sulfide) groups is 1. The molecule has 1 heterocycles. The van der Waals surface area contributed by atoms with Crippen LogP contribution in [-0.2, 0) is 4.79 Å². The van der Waals surface area contributed by atoms with Gasteiger partial charge in [0.2, 0.25) is 0 Å². The van der Waals surface area contributed by atoms with Gasteiger partial charge < -0.3 is 14.8 Å². The largest absolute Gasteiger partial charge is 0.497 e. The predicted molar refractivity (Wildman–Crippen MR) is 101 cm³/mol. The number of para-hydroxylation sites is 1. The van der Waals surface area contributed by atoms with E-state index < -0.39 is 0 Å². The Morgan fingerprint density at radius 2 is 2.00 bits per heavy atom. The van der Waals surface area contributed by atoms with Crippen molar-refractivity contribution in [2.45, 2.75) is 0 Å². The molecule has 2 aromatic rings. The lowest BCUT2D eigenvalue weighted by atomic mass is 10.2. The molecule has 1 fully saturated rings. The zero-order valence-electron chi connectivity index (χ0n) is 13.9. The molecule has 130 valence electrons. The first-order valence-corrected chi connectivity index (χ1v) is 8.53. The maximum absolute atomic E-state index is 12.2. The average molecular weight is 365 g/mol. The molecule has 3 rings (SSSR count). The second-order valence-electron chi connectivity index (χ2n) is 5.16. The first-order chi connectivity index (χ1) is 12.7. The van der Waals surface area contributed by atoms with E-state index in [0.29, 0.717) is 21.5 Å². The molecule has 1 aliphatic rings. The molecule has 2 aromatic carbocycles. The molecule has 0 radical (unpaired) electrons. The third-order valence-electron chi connectivity index (χ3n) is 3.45. The van der Waals surface area contributed by atoms with E-state index in [1.165, 1.54) is 11.8 Å². The summed E-state index contributed by atoms with van der Waals surface area (Å²) in [6.45, 7) is -0.0519. The van der Waals surface area contributed by atoms with Crippen LogP contribution >= 0.6 is 11.8 Å². The maximum Gasteiger partial charge on any atom is 0.264 e. The number of amidine groups is 1. The molecule has 0 aliphatic carbocycles. The van der Waals surface area contributed by atoms with Crippen LogP contribution < -0.4 is 14.8 Å². The van der Waals surface area contributed by atoms with E-state index in [0.717, 1.165) is 11.3 Å². The van der Waals surface area contributed by atoms with E-state index in [2.05, 4.69) is 10.3 Å². The van der Waals surface area contributed by atoms with Gasteiger partial charge in [-0.15, -0.1) is 0 Å². The Morgan fingerprint density at radius 1 is 1.23 bits per heavy atom. The Hall–Kier alpha value is -3.24. The fraction of sp³-hybridized carbons (Fsp3) is 0.105. The van der Waals surface area contributed by atoms with Crippen LogP contribution in [0.1, 0.15) is 5.56 Å². The first-order valence-electron chi connectivity index (χ1n) is 7.72. The number of nitrogens with one attached hydrogen (secondary N) is 1. The summed E-state index contributed by atoms with van der Waals surface area (Å²) in [5.41, 5.74) is 1.44. The van der Waals surface area contributed by atoms with Crippen molar-refractivity contribution in [3.05, 3.63) is 59.0 Å². The molecule has 1 aliphatic heterocycles. The van der Waals surface area contributed by atoms with Gasteiger partial charge in [0.25, 0.3) is 5.91 Å². The van der Waals surface area contributed by atoms with Crippen LogP contribution in [0.15, 0.2) is 58.4 Å². The summed E-state index contributed by atoms with van der Waals surface area (Å²) in [6.07, 6.45) is 1.73. The van der Waals surface area contributed by atoms with Gasteiger partial charge in [-0.2, -0.15) is 5.26 Å². The minimum absolute atomic E-state index is 0.0519. The van der Waals surface area contributed by atoms with E-state index >= 15 is 0 Å². The van der Waals surface area contributed by atoms with Crippen molar-refractivity contribution in [2.75, 3.05) is 13.7 Å². The summed E-state index contributed by atoms with van der Waals surface area (Å²) >= 11 is 1.25. The number of carbonyl (C=O) groups is 1. The lowest BCUT2D eigenvalue weighted by Gasteiger charge is -2.05. The topological polar surface area (TPSA) is 83.7 Å². The highest BCUT2D eigenvalue weighted by Crippen LogP contribution is 2.30. The molecule has 0 atom stereocenters. The van der Waals surface area contributed by atoms with Crippen molar-refractivity contribution in [3.8, 4) is 17.6 Å². The Kier molecular flexibility index (Phi) is 5.56. The van der Waals surface area contributed by atoms with Crippen molar-refractivity contribution in [2.24, 2.45) is 4.99 Å². The number of aliphatic imine (C=N–C) groups is 1. The Labute approximate surface area is 155 Å². The second-order valence-corrected chi connectivity index (χ2v) is 6.20. The SMILES string of the molecule is COc1ccc(N=C2NC(=O)C(=Cc3ccccc3OCC#N)S2)cc1. The number of benzene rings is 2. The molecular weight excluding hydrogens is 350 g/mol. The van der Waals surface area contributed by atoms with Crippen LogP contribution in [0.25, 0.3) is 6.08 Å². The van der Waals surface area contributed by atoms with E-state index in [4.69, 9.17) is 14.7 Å². The molecule has 6 nitrogen and oxygen atoms in total. The number of rotatable bonds is 5. The second kappa shape index (κ2) is 8.23. The Morgan fingerprint density at radius 3 is 2.73 bits per heavy atom. The van der Waals surface area contributed by atoms with Crippen LogP contribution in [-0.4, -0.2) is 24.8 Å². The highest BCUT2D eigenvalue weighted by atomic mass is 32.2. The van der Waals surface area contributed by atoms with E-state index in [1.54, 1.807) is 31.4 Å². The number of nitrogens with zero attached hydrogens (tertiary/aromatic N) is 2. The Balaban J connectivity index is 1.80. The van der Waals surface area contributed by atoms with Crippen LogP contribution in [0.3, 0.4) is 0 Å². The maximum atomic E-state index is 12.2. The third-order valence-corrected chi connectivity index (χ3v) is 4.36. The first kappa shape index (κ1) is 17.6. The van der Waals surface area contributed by atoms with E-state index in [9.17, 15) is 4.79 Å². The molecular formula is C19H15N3O3S. The molecule has 1 N–H and O–H groups in total. The molecule has 1 amide bonds. The number of methoxy groups -OCH3 is 1. The molecule has 7 heteroatoms. The standard InChI is InChI=1S/C19H15N3O3S/c1-24-15-8-6-14(7-9-15)21-19-22-18(23)17(26-19)12-13-4-2-3-5-16(13)25-11-10-20/h2-9,12H,11H2,1H3,(H,21,22,23). The zero-order valence-corrected chi connectivity index (χ0v) is 14.7. The van der Waals surface area contributed by atoms with Gasteiger partial charge in [-0.25, -0.2) is 4.99 Å². The third kappa shape index (κ3) is 4.23. The number of amides is 1. The van der Waals surface area contributed by atoms with E-state index in [-0.39, 0.29) is 12.5 Å². The van der Waals surface area contributed by atoms with Gasteiger partial charge in [-0.05, 0) is 48.2 Å². The fourth-order valence-corrected chi connectivity index (χ4v) is 3.07. The molecule has 1 saturated heterocycles. The monoisotopic (exact) mass is 365 g/mol. The van der Waals surface area contributed by atoms with Crippen LogP contribution in [0, 0.1) is 11.3 Å². The minimum atomic E-state index is -0.225. The fourth-order valence-electron chi connectivity index (χ4n) is 2.24. The minimum Gasteiger partial charge on any atom is -0.497 e. The van der Waals surface area contributed by atoms with E-state index in [1.807, 2.05) is 36.4 Å². The van der Waals surface area contributed by atoms with Gasteiger partial charge in [0, 0.05) is 5.56 Å². The van der Waals surface area contributed by atoms with Crippen molar-refractivity contribution >= 4 is 34.6 Å². The molecule has 0 unspecified atom stereocenters. The lowest BCUT2D eigenvalue weighted by molar-refractivity contribution is -0.115. The quantitative estimate of drug-likeness (QED) is 0.820. The van der Waals surface area contributed by atoms with Crippen molar-refractivity contribution in [1.29, 1.82) is 5.26 Å². The van der Waals surface area contributed by atoms with Crippen LogP contribution in [0.5, 0.6) is 11.5 Å². The number of hydrogen-bond acceptors (Lipinski definition) is 6. The summed E-state index contributed by atoms with van der Waals surface area (Å²) in [7, 11) is 1.60. The smallest absolute Gasteiger partial charge is 0.264 e. The average Bonchev–Trinajstić information content (AvgIpc) is 3.00. The van der Waals surface area contributed by atoms with Crippen LogP contribution in [0.2, 0.25) is 0 Å². The van der Waals surface area contributed by atoms with Gasteiger partial charge in [-0.3, -0.25) is 4.79 Å². The summed E-state index contributed by atoms with van der Waals surface area (Å²) in [4.78, 5) is 17.1. The lowest BCUT2D eigenvalue weighted by Crippen LogP contribution is -2.19. The highest BCUT2D eigenvalue weighted by Gasteiger charge is 2.24. The summed E-state index contributed by atoms with van der Waals surface area (Å²) in [6, 6.07) is 16.4. The molecule has 0 spiro atoms. The van der Waals surface area contributed by atoms with Gasteiger partial charge in [0.05, 0.1) is 17.7 Å². The van der Waals surface area contributed by atoms with Gasteiger partial charge in [-0.1, -0.05) is 18.2 Å². The number of nitriles is 1. The molecule has 0 saturated carbocycles. The molecule has 0 aromatic heterocycles.